The van der Waals surface area contributed by atoms with E-state index in [-0.39, 0.29) is 35.4 Å². The Balaban J connectivity index is 0.000000117. The molecule has 0 amide bonds. The van der Waals surface area contributed by atoms with E-state index in [4.69, 9.17) is 15.2 Å². The quantitative estimate of drug-likeness (QED) is 0.0563. The molecule has 1 aliphatic heterocycles. The van der Waals surface area contributed by atoms with Gasteiger partial charge < -0.3 is 30.5 Å². The predicted octanol–water partition coefficient (Wildman–Crippen LogP) is 19.1. The van der Waals surface area contributed by atoms with Crippen LogP contribution < -0.4 is 25.4 Å². The van der Waals surface area contributed by atoms with Gasteiger partial charge >= 0.3 is 0 Å². The Morgan fingerprint density at radius 1 is 0.346 bits per heavy atom. The Morgan fingerprint density at radius 3 is 1.17 bits per heavy atom. The number of para-hydroxylation sites is 5. The average Bonchev–Trinajstić information content (AvgIpc) is 1.66. The van der Waals surface area contributed by atoms with Gasteiger partial charge in [0.2, 0.25) is 0 Å². The summed E-state index contributed by atoms with van der Waals surface area (Å²) >= 11 is 0. The molecule has 127 heavy (non-hydrogen) atoms. The highest BCUT2D eigenvalue weighted by Gasteiger charge is 2.28. The van der Waals surface area contributed by atoms with Crippen molar-refractivity contribution in [3.8, 4) is 96.2 Å². The van der Waals surface area contributed by atoms with Crippen LogP contribution in [0.25, 0.3) is 84.7 Å². The number of nitrogens with one attached hydrogen (secondary N) is 1. The lowest BCUT2D eigenvalue weighted by molar-refractivity contribution is 0.122. The molecule has 30 heteroatoms. The molecule has 5 fully saturated rings. The Kier molecular flexibility index (Phi) is 29.6. The van der Waals surface area contributed by atoms with Crippen LogP contribution >= 0.6 is 0 Å². The maximum atomic E-state index is 14.0. The van der Waals surface area contributed by atoms with Crippen LogP contribution in [-0.4, -0.2) is 149 Å². The van der Waals surface area contributed by atoms with E-state index in [1.54, 1.807) is 147 Å². The van der Waals surface area contributed by atoms with Crippen LogP contribution in [0, 0.1) is 41.0 Å². The number of benzene rings is 5. The largest absolute Gasteiger partial charge is 0.489 e. The third-order valence-corrected chi connectivity index (χ3v) is 23.9. The number of hydrogen-bond acceptors (Lipinski definition) is 21. The zero-order valence-electron chi connectivity index (χ0n) is 70.8. The van der Waals surface area contributed by atoms with Crippen molar-refractivity contribution < 1.29 is 32.1 Å². The molecular formula is C97H103F4N23O3. The van der Waals surface area contributed by atoms with Crippen LogP contribution in [0.3, 0.4) is 0 Å². The fourth-order valence-electron chi connectivity index (χ4n) is 16.9. The van der Waals surface area contributed by atoms with Gasteiger partial charge in [0.15, 0.2) is 11.5 Å². The Hall–Kier alpha value is -13.6. The number of aliphatic hydroxyl groups is 1. The zero-order valence-corrected chi connectivity index (χ0v) is 70.8. The first-order valence-corrected chi connectivity index (χ1v) is 43.9. The molecule has 15 aromatic rings. The normalized spacial score (nSPS) is 16.3. The second kappa shape index (κ2) is 43.3. The topological polar surface area (TPSA) is 298 Å². The zero-order chi connectivity index (χ0) is 86.9. The molecule has 5 aliphatic rings. The highest BCUT2D eigenvalue weighted by molar-refractivity contribution is 5.75. The lowest BCUT2D eigenvalue weighted by Crippen LogP contribution is -2.40. The first-order valence-electron chi connectivity index (χ1n) is 43.9. The van der Waals surface area contributed by atoms with E-state index in [1.165, 1.54) is 165 Å². The monoisotopic (exact) mass is 1710 g/mol. The third kappa shape index (κ3) is 22.7. The summed E-state index contributed by atoms with van der Waals surface area (Å²) in [4.78, 5) is 45.1. The summed E-state index contributed by atoms with van der Waals surface area (Å²) in [5.74, 6) is 2.40. The van der Waals surface area contributed by atoms with Crippen molar-refractivity contribution in [2.24, 2.45) is 23.5 Å². The fourth-order valence-corrected chi connectivity index (χ4v) is 16.9. The van der Waals surface area contributed by atoms with Gasteiger partial charge in [0.05, 0.1) is 104 Å². The van der Waals surface area contributed by atoms with Gasteiger partial charge in [-0.05, 0) is 167 Å². The summed E-state index contributed by atoms with van der Waals surface area (Å²) < 4.78 is 76.0. The van der Waals surface area contributed by atoms with Gasteiger partial charge in [-0.3, -0.25) is 0 Å². The van der Waals surface area contributed by atoms with Gasteiger partial charge in [-0.2, -0.15) is 25.5 Å². The maximum absolute atomic E-state index is 14.0. The molecule has 26 nitrogen and oxygen atoms in total. The summed E-state index contributed by atoms with van der Waals surface area (Å²) in [7, 11) is 0. The van der Waals surface area contributed by atoms with Crippen molar-refractivity contribution >= 4 is 11.4 Å². The number of hydrogen-bond donors (Lipinski definition) is 3. The van der Waals surface area contributed by atoms with Crippen LogP contribution in [-0.2, 0) is 0 Å². The molecule has 11 heterocycles. The average molecular weight is 1720 g/mol. The van der Waals surface area contributed by atoms with Gasteiger partial charge in [0.25, 0.3) is 0 Å². The van der Waals surface area contributed by atoms with E-state index < -0.39 is 0 Å². The van der Waals surface area contributed by atoms with Crippen LogP contribution in [0.5, 0.6) is 11.5 Å². The van der Waals surface area contributed by atoms with Crippen LogP contribution in [0.2, 0.25) is 0 Å². The molecule has 10 aromatic heterocycles. The van der Waals surface area contributed by atoms with Crippen LogP contribution in [0.4, 0.5) is 28.9 Å². The van der Waals surface area contributed by atoms with E-state index in [2.05, 4.69) is 85.5 Å². The standard InChI is InChI=1S/C20H22FN5.C20H21FN4O.C20H22N4O.C19H19FN4O.C18H19FN6/c21-17-8-4-5-9-19(17)26-13-16(11-25-26)20-18(12-22-14-24-20)23-10-15-6-2-1-3-7-15;21-17-8-4-5-9-18(17)25-12-16(10-24-25)20-19(11-22-14-23-20)26-13-15-6-2-1-3-7-15;1-3-7-16(8-4-1)14-25-19-12-21-15-22-20(19)17-11-23-24(13-17)18-9-5-2-6-10-18;20-17-3-1-2-4-18(17)24-11-14(9-23-24)19-16(10-21-12-22-19)13-5-7-15(25)8-6-13;19-15-3-1-2-4-16(15)25-11-13(9-23-25)18-17(10-21-12-22-18)24-7-5-14(20)6-8-24/h4-5,8-9,11-15,23H,1-3,6-7,10H2;4-5,8-12,14-15H,1-3,6-7,13H2;2,5-6,9-13,15-16H,1,3-4,7-8,14H2;1-4,9-13,15,25H,5-8H2;1-4,9-12,14H,5-8,20H2. The minimum atomic E-state index is -0.321. The SMILES string of the molecule is Fc1ccccc1-n1cc(-c2ncncc2NCC2CCCCC2)cn1.Fc1ccccc1-n1cc(-c2ncncc2OCC2CCCCC2)cn1.NC1CCN(c2cncnc2-c2cnn(-c3ccccc3F)c2)CC1.OC1CCC(c2cncnc2-c2cnn(-c3ccccc3F)c2)CC1.c1ccc(-n2cc(-c3ncncc3OCC3CCCCC3)cn2)cc1. The molecule has 0 atom stereocenters. The molecule has 20 rings (SSSR count). The van der Waals surface area contributed by atoms with E-state index in [9.17, 15) is 22.7 Å². The van der Waals surface area contributed by atoms with E-state index in [0.717, 1.165) is 144 Å². The number of anilines is 2. The highest BCUT2D eigenvalue weighted by atomic mass is 19.1. The Morgan fingerprint density at radius 2 is 0.709 bits per heavy atom. The maximum Gasteiger partial charge on any atom is 0.163 e. The third-order valence-electron chi connectivity index (χ3n) is 23.9. The van der Waals surface area contributed by atoms with Crippen molar-refractivity contribution in [1.82, 2.24) is 98.7 Å². The highest BCUT2D eigenvalue weighted by Crippen LogP contribution is 2.39. The van der Waals surface area contributed by atoms with Crippen molar-refractivity contribution in [3.63, 3.8) is 0 Å². The number of nitrogens with zero attached hydrogens (tertiary/aromatic N) is 21. The molecule has 0 spiro atoms. The second-order valence-corrected chi connectivity index (χ2v) is 32.7. The van der Waals surface area contributed by atoms with Gasteiger partial charge in [-0.15, -0.1) is 0 Å². The van der Waals surface area contributed by atoms with Gasteiger partial charge in [0, 0.05) is 90.7 Å². The lowest BCUT2D eigenvalue weighted by atomic mass is 9.82. The predicted molar refractivity (Wildman–Crippen MR) is 479 cm³/mol. The molecule has 4 saturated carbocycles. The minimum Gasteiger partial charge on any atom is -0.489 e. The number of ether oxygens (including phenoxy) is 2. The molecule has 4 aliphatic carbocycles. The Labute approximate surface area is 734 Å². The number of piperidine rings is 1. The molecule has 0 unspecified atom stereocenters. The van der Waals surface area contributed by atoms with Crippen LogP contribution in [0.1, 0.15) is 146 Å². The summed E-state index contributed by atoms with van der Waals surface area (Å²) in [5, 5.41) is 34.9. The summed E-state index contributed by atoms with van der Waals surface area (Å²) in [6.45, 7) is 4.11. The first-order chi connectivity index (χ1) is 62.5. The molecule has 0 radical (unpaired) electrons. The number of halogens is 4. The van der Waals surface area contributed by atoms with E-state index in [0.29, 0.717) is 64.5 Å². The fraction of sp³-hybridized carbons (Fsp3) is 0.330. The summed E-state index contributed by atoms with van der Waals surface area (Å²) in [6, 6.07) is 36.5. The molecule has 0 bridgehead atoms. The number of aliphatic hydroxyl groups excluding tert-OH is 1. The lowest BCUT2D eigenvalue weighted by Gasteiger charge is -2.32. The number of rotatable bonds is 21. The van der Waals surface area contributed by atoms with E-state index >= 15 is 0 Å². The molecule has 5 aromatic carbocycles. The van der Waals surface area contributed by atoms with Crippen molar-refractivity contribution in [1.29, 1.82) is 0 Å². The van der Waals surface area contributed by atoms with Crippen molar-refractivity contribution in [2.45, 2.75) is 153 Å². The summed E-state index contributed by atoms with van der Waals surface area (Å²) in [6.07, 6.45) is 58.8. The van der Waals surface area contributed by atoms with Gasteiger partial charge in [0.1, 0.15) is 94.7 Å². The van der Waals surface area contributed by atoms with Crippen molar-refractivity contribution in [2.75, 3.05) is 43.1 Å². The first kappa shape index (κ1) is 86.9. The minimum absolute atomic E-state index is 0.201. The van der Waals surface area contributed by atoms with Gasteiger partial charge in [-0.1, -0.05) is 125 Å². The molecule has 1 saturated heterocycles. The smallest absolute Gasteiger partial charge is 0.163 e. The number of aromatic nitrogens is 20. The summed E-state index contributed by atoms with van der Waals surface area (Å²) in [5.41, 5.74) is 19.7. The Bertz CT molecular complexity index is 5680. The van der Waals surface area contributed by atoms with Crippen molar-refractivity contribution in [3.05, 3.63) is 281 Å². The van der Waals surface area contributed by atoms with Crippen LogP contribution in [0.15, 0.2) is 252 Å². The molecule has 4 N–H and O–H groups in total. The number of nitrogens with two attached hydrogens (primary N) is 1. The van der Waals surface area contributed by atoms with Gasteiger partial charge in [-0.25, -0.2) is 90.8 Å². The second-order valence-electron chi connectivity index (χ2n) is 32.7. The molecule has 652 valence electrons. The van der Waals surface area contributed by atoms with E-state index in [1.807, 2.05) is 59.8 Å². The molecular weight excluding hydrogens is 1610 g/mol.